The third-order valence-corrected chi connectivity index (χ3v) is 4.22. The van der Waals surface area contributed by atoms with E-state index in [0.29, 0.717) is 17.9 Å². The number of rotatable bonds is 7. The van der Waals surface area contributed by atoms with E-state index in [4.69, 9.17) is 9.88 Å². The number of carbonyl (C=O) groups excluding carboxylic acids is 1. The highest BCUT2D eigenvalue weighted by Gasteiger charge is 2.09. The standard InChI is InChI=1S/C18H20N2O4S/c1-13(2)12-24-16-5-3-4-15(10-16)18(21)20-11-14-6-8-17(9-7-14)25(19,22)23/h3-10H,1,11-12H2,2H3,(H,20,21)(H2,19,22,23). The summed E-state index contributed by atoms with van der Waals surface area (Å²) in [5.41, 5.74) is 2.12. The van der Waals surface area contributed by atoms with E-state index in [2.05, 4.69) is 11.9 Å². The molecule has 25 heavy (non-hydrogen) atoms. The maximum absolute atomic E-state index is 12.2. The molecule has 0 unspecified atom stereocenters. The number of primary sulfonamides is 1. The van der Waals surface area contributed by atoms with E-state index < -0.39 is 10.0 Å². The number of ether oxygens (including phenoxy) is 1. The Bertz CT molecular complexity index is 874. The molecule has 2 aromatic carbocycles. The minimum absolute atomic E-state index is 0.0324. The Morgan fingerprint density at radius 1 is 1.20 bits per heavy atom. The maximum atomic E-state index is 12.2. The van der Waals surface area contributed by atoms with E-state index >= 15 is 0 Å². The molecule has 0 radical (unpaired) electrons. The highest BCUT2D eigenvalue weighted by molar-refractivity contribution is 7.89. The zero-order chi connectivity index (χ0) is 18.4. The highest BCUT2D eigenvalue weighted by Crippen LogP contribution is 2.14. The Kier molecular flexibility index (Phi) is 5.95. The van der Waals surface area contributed by atoms with Gasteiger partial charge >= 0.3 is 0 Å². The van der Waals surface area contributed by atoms with Gasteiger partial charge in [0.1, 0.15) is 12.4 Å². The smallest absolute Gasteiger partial charge is 0.251 e. The summed E-state index contributed by atoms with van der Waals surface area (Å²) in [6, 6.07) is 12.9. The van der Waals surface area contributed by atoms with Gasteiger partial charge in [-0.3, -0.25) is 4.79 Å². The van der Waals surface area contributed by atoms with Crippen molar-refractivity contribution in [3.8, 4) is 5.75 Å². The molecule has 0 aliphatic carbocycles. The topological polar surface area (TPSA) is 98.5 Å². The second-order valence-electron chi connectivity index (χ2n) is 5.65. The summed E-state index contributed by atoms with van der Waals surface area (Å²) in [5.74, 6) is 0.337. The van der Waals surface area contributed by atoms with E-state index in [1.54, 1.807) is 36.4 Å². The van der Waals surface area contributed by atoms with Crippen LogP contribution in [-0.2, 0) is 16.6 Å². The Morgan fingerprint density at radius 3 is 2.48 bits per heavy atom. The molecule has 0 fully saturated rings. The van der Waals surface area contributed by atoms with Crippen LogP contribution < -0.4 is 15.2 Å². The van der Waals surface area contributed by atoms with Crippen LogP contribution in [0.2, 0.25) is 0 Å². The van der Waals surface area contributed by atoms with Crippen molar-refractivity contribution in [2.75, 3.05) is 6.61 Å². The summed E-state index contributed by atoms with van der Waals surface area (Å²) in [6.07, 6.45) is 0. The van der Waals surface area contributed by atoms with Gasteiger partial charge < -0.3 is 10.1 Å². The van der Waals surface area contributed by atoms with Crippen LogP contribution >= 0.6 is 0 Å². The van der Waals surface area contributed by atoms with Gasteiger partial charge in [-0.2, -0.15) is 0 Å². The van der Waals surface area contributed by atoms with Crippen molar-refractivity contribution >= 4 is 15.9 Å². The highest BCUT2D eigenvalue weighted by atomic mass is 32.2. The molecule has 0 saturated carbocycles. The number of nitrogens with two attached hydrogens (primary N) is 1. The second-order valence-corrected chi connectivity index (χ2v) is 7.21. The first-order valence-electron chi connectivity index (χ1n) is 7.53. The maximum Gasteiger partial charge on any atom is 0.251 e. The lowest BCUT2D eigenvalue weighted by atomic mass is 10.2. The molecule has 0 bridgehead atoms. The van der Waals surface area contributed by atoms with Crippen LogP contribution in [0.5, 0.6) is 5.75 Å². The summed E-state index contributed by atoms with van der Waals surface area (Å²) >= 11 is 0. The van der Waals surface area contributed by atoms with E-state index in [9.17, 15) is 13.2 Å². The summed E-state index contributed by atoms with van der Waals surface area (Å²) in [5, 5.41) is 7.82. The number of amides is 1. The lowest BCUT2D eigenvalue weighted by Crippen LogP contribution is -2.22. The van der Waals surface area contributed by atoms with E-state index in [1.807, 2.05) is 6.92 Å². The fourth-order valence-electron chi connectivity index (χ4n) is 2.02. The summed E-state index contributed by atoms with van der Waals surface area (Å²) in [7, 11) is -3.72. The van der Waals surface area contributed by atoms with Gasteiger partial charge in [0.05, 0.1) is 4.90 Å². The van der Waals surface area contributed by atoms with Crippen molar-refractivity contribution < 1.29 is 17.9 Å². The van der Waals surface area contributed by atoms with Crippen LogP contribution in [0.4, 0.5) is 0 Å². The molecule has 0 aliphatic rings. The van der Waals surface area contributed by atoms with Crippen molar-refractivity contribution in [3.05, 3.63) is 71.8 Å². The molecule has 132 valence electrons. The average molecular weight is 360 g/mol. The number of hydrogen-bond donors (Lipinski definition) is 2. The van der Waals surface area contributed by atoms with Gasteiger partial charge in [-0.15, -0.1) is 0 Å². The van der Waals surface area contributed by atoms with Gasteiger partial charge in [0.2, 0.25) is 10.0 Å². The molecule has 1 amide bonds. The van der Waals surface area contributed by atoms with Gasteiger partial charge in [0, 0.05) is 12.1 Å². The number of benzene rings is 2. The molecule has 0 saturated heterocycles. The number of sulfonamides is 1. The Labute approximate surface area is 147 Å². The molecule has 2 rings (SSSR count). The van der Waals surface area contributed by atoms with Crippen molar-refractivity contribution in [2.45, 2.75) is 18.4 Å². The Balaban J connectivity index is 1.98. The fraction of sp³-hybridized carbons (Fsp3) is 0.167. The fourth-order valence-corrected chi connectivity index (χ4v) is 2.53. The third kappa shape index (κ3) is 5.74. The summed E-state index contributed by atoms with van der Waals surface area (Å²) in [4.78, 5) is 12.3. The quantitative estimate of drug-likeness (QED) is 0.740. The Morgan fingerprint density at radius 2 is 1.88 bits per heavy atom. The first kappa shape index (κ1) is 18.7. The molecule has 0 atom stereocenters. The molecule has 0 heterocycles. The number of hydrogen-bond acceptors (Lipinski definition) is 4. The SMILES string of the molecule is C=C(C)COc1cccc(C(=O)NCc2ccc(S(N)(=O)=O)cc2)c1. The predicted molar refractivity (Wildman–Crippen MR) is 95.7 cm³/mol. The Hall–Kier alpha value is -2.64. The van der Waals surface area contributed by atoms with E-state index in [1.165, 1.54) is 12.1 Å². The largest absolute Gasteiger partial charge is 0.489 e. The molecular formula is C18H20N2O4S. The van der Waals surface area contributed by atoms with Crippen LogP contribution in [0.25, 0.3) is 0 Å². The van der Waals surface area contributed by atoms with E-state index in [0.717, 1.165) is 11.1 Å². The molecular weight excluding hydrogens is 340 g/mol. The lowest BCUT2D eigenvalue weighted by molar-refractivity contribution is 0.0950. The van der Waals surface area contributed by atoms with Crippen molar-refractivity contribution in [1.82, 2.24) is 5.32 Å². The van der Waals surface area contributed by atoms with Crippen LogP contribution in [0.1, 0.15) is 22.8 Å². The zero-order valence-electron chi connectivity index (χ0n) is 13.9. The van der Waals surface area contributed by atoms with Gasteiger partial charge in [0.15, 0.2) is 0 Å². The van der Waals surface area contributed by atoms with Crippen molar-refractivity contribution in [3.63, 3.8) is 0 Å². The predicted octanol–water partition coefficient (Wildman–Crippen LogP) is 2.22. The van der Waals surface area contributed by atoms with Crippen molar-refractivity contribution in [1.29, 1.82) is 0 Å². The molecule has 0 spiro atoms. The molecule has 7 heteroatoms. The monoisotopic (exact) mass is 360 g/mol. The van der Waals surface area contributed by atoms with E-state index in [-0.39, 0.29) is 17.3 Å². The first-order valence-corrected chi connectivity index (χ1v) is 9.07. The minimum Gasteiger partial charge on any atom is -0.489 e. The van der Waals surface area contributed by atoms with Crippen molar-refractivity contribution in [2.24, 2.45) is 5.14 Å². The minimum atomic E-state index is -3.72. The normalized spacial score (nSPS) is 11.0. The zero-order valence-corrected chi connectivity index (χ0v) is 14.7. The van der Waals surface area contributed by atoms with Gasteiger partial charge in [-0.25, -0.2) is 13.6 Å². The van der Waals surface area contributed by atoms with Crippen LogP contribution in [0.15, 0.2) is 65.6 Å². The lowest BCUT2D eigenvalue weighted by Gasteiger charge is -2.09. The third-order valence-electron chi connectivity index (χ3n) is 3.29. The number of carbonyl (C=O) groups is 1. The number of nitrogens with one attached hydrogen (secondary N) is 1. The second kappa shape index (κ2) is 7.96. The molecule has 6 nitrogen and oxygen atoms in total. The molecule has 0 aliphatic heterocycles. The summed E-state index contributed by atoms with van der Waals surface area (Å²) in [6.45, 7) is 6.28. The van der Waals surface area contributed by atoms with Crippen LogP contribution in [0.3, 0.4) is 0 Å². The average Bonchev–Trinajstić information content (AvgIpc) is 2.57. The molecule has 0 aromatic heterocycles. The molecule has 2 aromatic rings. The first-order chi connectivity index (χ1) is 11.8. The van der Waals surface area contributed by atoms with Gasteiger partial charge in [-0.05, 0) is 48.4 Å². The summed E-state index contributed by atoms with van der Waals surface area (Å²) < 4.78 is 27.9. The molecule has 3 N–H and O–H groups in total. The van der Waals surface area contributed by atoms with Gasteiger partial charge in [-0.1, -0.05) is 24.8 Å². The van der Waals surface area contributed by atoms with Gasteiger partial charge in [0.25, 0.3) is 5.91 Å². The van der Waals surface area contributed by atoms with Crippen LogP contribution in [-0.4, -0.2) is 20.9 Å². The van der Waals surface area contributed by atoms with Crippen LogP contribution in [0, 0.1) is 0 Å².